The molecule has 0 aliphatic heterocycles. The predicted molar refractivity (Wildman–Crippen MR) is 551 cm³/mol. The van der Waals surface area contributed by atoms with E-state index in [9.17, 15) is 45.5 Å². The van der Waals surface area contributed by atoms with Gasteiger partial charge in [-0.1, -0.05) is 334 Å². The zero-order chi connectivity index (χ0) is 102. The number of likely N-dealkylation sites (N-methyl/N-ethyl adjacent to an activating group) is 1. The van der Waals surface area contributed by atoms with Crippen molar-refractivity contribution >= 4 is 47.4 Å². The molecule has 11 aromatic carbocycles. The highest BCUT2D eigenvalue weighted by atomic mass is 127. The summed E-state index contributed by atoms with van der Waals surface area (Å²) in [5.41, 5.74) is 31.7. The van der Waals surface area contributed by atoms with E-state index in [4.69, 9.17) is 75.9 Å². The van der Waals surface area contributed by atoms with E-state index in [1.807, 2.05) is 294 Å². The second kappa shape index (κ2) is 70.8. The van der Waals surface area contributed by atoms with E-state index in [1.165, 1.54) is 0 Å². The summed E-state index contributed by atoms with van der Waals surface area (Å²) in [4.78, 5) is 75.1. The van der Waals surface area contributed by atoms with E-state index in [0.29, 0.717) is 87.4 Å². The van der Waals surface area contributed by atoms with E-state index in [2.05, 4.69) is 56.4 Å². The number of aliphatic carboxylic acids is 2. The molecule has 146 heavy (non-hydrogen) atoms. The number of unbranched alkanes of at least 4 members (excludes halogenated alkanes) is 10. The number of ketones is 1. The van der Waals surface area contributed by atoms with E-state index in [0.717, 1.165) is 150 Å². The number of amides is 2. The van der Waals surface area contributed by atoms with Crippen LogP contribution in [0.1, 0.15) is 173 Å². The lowest BCUT2D eigenvalue weighted by molar-refractivity contribution is -0.887. The number of hydrogen-bond acceptors (Lipinski definition) is 15. The average Bonchev–Trinajstić information content (AvgIpc) is 0.808. The van der Waals surface area contributed by atoms with Crippen LogP contribution in [0.15, 0.2) is 309 Å². The predicted octanol–water partition coefficient (Wildman–Crippen LogP) is 11.8. The normalized spacial score (nSPS) is 11.0. The number of nitrogens with zero attached hydrogens (tertiary/aromatic N) is 1. The van der Waals surface area contributed by atoms with Gasteiger partial charge in [-0.3, -0.25) is 47.3 Å². The molecule has 12 N–H and O–H groups in total. The lowest BCUT2D eigenvalue weighted by Gasteiger charge is -2.32. The third kappa shape index (κ3) is 52.4. The second-order valence-corrected chi connectivity index (χ2v) is 33.4. The maximum absolute atomic E-state index is 13.4. The SMILES string of the molecule is C.C.C.C[N+](C)(C)[C@@H](Cc1ccccc1)C(=O)OCCC#CCC#CCOc1ccc(OCc2ccccc2)cc1.NC(N)=[NH+][C@@H](Cc1ccc(C(=O)c2ccccc2)cc1)C(=O)NCCCCCCCCOc1ccc(OCc2ccccc2)cc1.NC(N)=[NH+][C@H](C(=O)NCCCCCCCCOc1ccc(OCc2ccccc2)cc1)C(c1ccccc1)c1ccccc1.O=C([O-])C(F)(F)F.O=C([O-])C(F)(F)F.[I-]. The van der Waals surface area contributed by atoms with Crippen LogP contribution >= 0.6 is 0 Å². The zero-order valence-electron chi connectivity index (χ0n) is 80.5. The number of carboxylic acid groups (broad SMARTS) is 2. The molecular formula is C115H138F6IN9O15. The van der Waals surface area contributed by atoms with Crippen LogP contribution in [0.5, 0.6) is 34.5 Å². The number of quaternary nitrogens is 1. The Morgan fingerprint density at radius 2 is 0.678 bits per heavy atom. The van der Waals surface area contributed by atoms with Gasteiger partial charge in [0.25, 0.3) is 11.8 Å². The van der Waals surface area contributed by atoms with Crippen LogP contribution in [0, 0.1) is 23.7 Å². The van der Waals surface area contributed by atoms with Crippen LogP contribution in [0.4, 0.5) is 26.3 Å². The van der Waals surface area contributed by atoms with Crippen molar-refractivity contribution in [3.63, 3.8) is 0 Å². The molecule has 0 aliphatic rings. The molecule has 24 nitrogen and oxygen atoms in total. The van der Waals surface area contributed by atoms with Gasteiger partial charge in [-0.2, -0.15) is 26.3 Å². The number of rotatable bonds is 48. The van der Waals surface area contributed by atoms with Crippen molar-refractivity contribution < 1.29 is 137 Å². The number of ether oxygens (including phenoxy) is 7. The Kier molecular flexibility index (Phi) is 60.8. The van der Waals surface area contributed by atoms with Gasteiger partial charge in [0.15, 0.2) is 23.9 Å². The molecule has 0 radical (unpaired) electrons. The first-order valence-corrected chi connectivity index (χ1v) is 46.7. The fourth-order valence-electron chi connectivity index (χ4n) is 13.8. The van der Waals surface area contributed by atoms with Crippen LogP contribution < -0.4 is 106 Å². The van der Waals surface area contributed by atoms with Crippen LogP contribution in [0.3, 0.4) is 0 Å². The molecule has 0 fully saturated rings. The largest absolute Gasteiger partial charge is 1.00 e. The summed E-state index contributed by atoms with van der Waals surface area (Å²) in [7, 11) is 6.02. The molecule has 0 saturated heterocycles. The highest BCUT2D eigenvalue weighted by molar-refractivity contribution is 6.09. The standard InChI is InChI=1S/C38H44N4O4.C37H44N4O3.C33H36NO4.2C2HF3O2.3CH4.HI/c39-38(40)42-35(27-29-17-19-32(20-18-29)36(43)31-15-9-6-10-16-31)37(44)41-25-11-3-1-2-4-12-26-45-33-21-23-34(24-22-33)46-28-30-13-7-5-8-14-30;38-37(39)41-35(34(30-18-10-6-11-19-30)31-20-12-7-13-21-31)36(42)40-26-14-3-1-2-4-15-27-43-32-22-24-33(25-23-32)44-28-29-16-8-5-9-17-29;1-34(2,3)32(26-28-16-10-8-11-17-28)33(35)37-25-15-7-5-4-6-14-24-36-30-20-22-31(23-21-30)38-27-29-18-12-9-13-19-29;2*3-2(4,5)1(6)7;;;;/h5-10,13-24,35H,1-4,11-12,25-28H2,(H,41,44)(H4,39,40,42);5-13,16-25,34-35H,1-4,14-15,26-28H2,(H,40,42)(H4,38,39,41);8-13,16-23,32H,4,15,24-27H2,1-3H3;2*(H,6,7);3*1H4;1H/q;;+1;;;;;;/p-1/t2*35-;32-;;;;;;/m000....../s1. The van der Waals surface area contributed by atoms with Crippen LogP contribution in [0.25, 0.3) is 0 Å². The van der Waals surface area contributed by atoms with Gasteiger partial charge in [0.2, 0.25) is 0 Å². The van der Waals surface area contributed by atoms with Crippen molar-refractivity contribution in [1.82, 2.24) is 10.6 Å². The van der Waals surface area contributed by atoms with E-state index >= 15 is 0 Å². The molecule has 0 aromatic heterocycles. The van der Waals surface area contributed by atoms with E-state index in [1.54, 1.807) is 24.3 Å². The molecule has 3 atom stereocenters. The summed E-state index contributed by atoms with van der Waals surface area (Å²) in [6, 6.07) is 98.2. The molecule has 2 amide bonds. The minimum atomic E-state index is -5.19. The number of guanidine groups is 2. The number of alkyl halides is 6. The van der Waals surface area contributed by atoms with E-state index in [-0.39, 0.29) is 107 Å². The molecule has 0 bridgehead atoms. The lowest BCUT2D eigenvalue weighted by atomic mass is 9.84. The van der Waals surface area contributed by atoms with Gasteiger partial charge in [0.05, 0.1) is 46.7 Å². The summed E-state index contributed by atoms with van der Waals surface area (Å²) < 4.78 is 104. The van der Waals surface area contributed by atoms with Gasteiger partial charge < -0.3 is 92.1 Å². The molecule has 782 valence electrons. The smallest absolute Gasteiger partial charge is 0.430 e. The van der Waals surface area contributed by atoms with Crippen molar-refractivity contribution in [3.05, 3.63) is 359 Å². The lowest BCUT2D eigenvalue weighted by Crippen LogP contribution is -3.00. The number of benzene rings is 11. The van der Waals surface area contributed by atoms with Gasteiger partial charge in [-0.05, 0) is 137 Å². The number of carbonyl (C=O) groups excluding carboxylic acids is 6. The summed E-state index contributed by atoms with van der Waals surface area (Å²) in [5, 5.41) is 23.7. The van der Waals surface area contributed by atoms with Gasteiger partial charge >= 0.3 is 30.2 Å². The molecule has 0 unspecified atom stereocenters. The minimum absolute atomic E-state index is 0. The molecule has 0 saturated carbocycles. The Labute approximate surface area is 872 Å². The van der Waals surface area contributed by atoms with Gasteiger partial charge in [-0.15, -0.1) is 0 Å². The maximum Gasteiger partial charge on any atom is 0.430 e. The fraction of sp³-hybridized carbons (Fsp3) is 0.322. The van der Waals surface area contributed by atoms with Crippen LogP contribution in [-0.2, 0) is 61.4 Å². The molecule has 0 heterocycles. The van der Waals surface area contributed by atoms with Gasteiger partial charge in [-0.25, -0.2) is 4.79 Å². The third-order valence-corrected chi connectivity index (χ3v) is 21.3. The first-order chi connectivity index (χ1) is 68.4. The number of nitrogens with two attached hydrogens (primary N) is 4. The van der Waals surface area contributed by atoms with Crippen molar-refractivity contribution in [2.75, 3.05) is 60.7 Å². The third-order valence-electron chi connectivity index (χ3n) is 21.3. The number of esters is 1. The highest BCUT2D eigenvalue weighted by Crippen LogP contribution is 2.29. The average molecular weight is 2130 g/mol. The maximum atomic E-state index is 13.4. The topological polar surface area (TPSA) is 369 Å². The number of halogens is 7. The molecule has 11 aromatic rings. The monoisotopic (exact) mass is 2130 g/mol. The molecule has 31 heteroatoms. The first kappa shape index (κ1) is 125. The second-order valence-electron chi connectivity index (χ2n) is 33.4. The Bertz CT molecular complexity index is 5620. The van der Waals surface area contributed by atoms with Gasteiger partial charge in [0, 0.05) is 43.5 Å². The Hall–Kier alpha value is -14.8. The zero-order valence-corrected chi connectivity index (χ0v) is 82.6. The molecule has 0 spiro atoms. The molecule has 0 aliphatic carbocycles. The van der Waals surface area contributed by atoms with Crippen molar-refractivity contribution in [2.45, 2.75) is 181 Å². The summed E-state index contributed by atoms with van der Waals surface area (Å²) in [6.07, 6.45) is 4.13. The number of carbonyl (C=O) groups is 6. The number of hydrogen-bond donors (Lipinski definition) is 8. The molecular weight excluding hydrogens is 1990 g/mol. The van der Waals surface area contributed by atoms with Crippen LogP contribution in [0.2, 0.25) is 0 Å². The molecule has 11 rings (SSSR count). The highest BCUT2D eigenvalue weighted by Gasteiger charge is 2.35. The summed E-state index contributed by atoms with van der Waals surface area (Å²) >= 11 is 0. The van der Waals surface area contributed by atoms with E-state index < -0.39 is 36.4 Å². The van der Waals surface area contributed by atoms with Crippen LogP contribution in [-0.4, -0.2) is 143 Å². The fourth-order valence-corrected chi connectivity index (χ4v) is 13.8. The number of nitrogens with one attached hydrogen (secondary N) is 4. The minimum Gasteiger partial charge on any atom is -1.00 e. The summed E-state index contributed by atoms with van der Waals surface area (Å²) in [6.45, 7) is 4.75. The quantitative estimate of drug-likeness (QED) is 0.00202. The summed E-state index contributed by atoms with van der Waals surface area (Å²) in [5.74, 6) is 10.1. The first-order valence-electron chi connectivity index (χ1n) is 46.7. The van der Waals surface area contributed by atoms with Crippen molar-refractivity contribution in [3.8, 4) is 58.2 Å². The Morgan fingerprint density at radius 1 is 0.363 bits per heavy atom. The number of carboxylic acids is 2. The van der Waals surface area contributed by atoms with Crippen molar-refractivity contribution in [2.24, 2.45) is 22.9 Å². The van der Waals surface area contributed by atoms with Gasteiger partial charge in [0.1, 0.15) is 79.5 Å². The van der Waals surface area contributed by atoms with Crippen molar-refractivity contribution in [1.29, 1.82) is 0 Å². The Balaban J connectivity index is 0.000000521. The Morgan fingerprint density at radius 3 is 1.05 bits per heavy atom.